The maximum atomic E-state index is 10.9. The van der Waals surface area contributed by atoms with Gasteiger partial charge in [0.2, 0.25) is 0 Å². The van der Waals surface area contributed by atoms with E-state index in [1.165, 1.54) is 7.05 Å². The lowest BCUT2D eigenvalue weighted by molar-refractivity contribution is 0.152. The Kier molecular flexibility index (Phi) is 6.40. The van der Waals surface area contributed by atoms with Crippen LogP contribution in [-0.4, -0.2) is 30.4 Å². The number of carbonyl (C=O) groups is 1. The van der Waals surface area contributed by atoms with Crippen molar-refractivity contribution in [2.45, 2.75) is 27.7 Å². The minimum Gasteiger partial charge on any atom is -0.323 e. The summed E-state index contributed by atoms with van der Waals surface area (Å²) in [5.74, 6) is 1.81. The maximum absolute atomic E-state index is 10.9. The lowest BCUT2D eigenvalue weighted by Gasteiger charge is -2.19. The molecule has 0 fully saturated rings. The van der Waals surface area contributed by atoms with E-state index < -0.39 is 6.09 Å². The smallest absolute Gasteiger partial charge is 0.323 e. The molecule has 0 rings (SSSR count). The van der Waals surface area contributed by atoms with E-state index in [0.717, 1.165) is 17.2 Å². The van der Waals surface area contributed by atoms with Gasteiger partial charge in [-0.2, -0.15) is 11.8 Å². The van der Waals surface area contributed by atoms with Crippen molar-refractivity contribution >= 4 is 23.6 Å². The lowest BCUT2D eigenvalue weighted by atomic mass is 9.91. The van der Waals surface area contributed by atoms with E-state index in [-0.39, 0.29) is 5.41 Å². The summed E-state index contributed by atoms with van der Waals surface area (Å²) in [6, 6.07) is 0. The molecule has 0 aromatic carbocycles. The molecule has 0 saturated heterocycles. The molecule has 1 N–H and O–H groups in total. The molecule has 4 nitrogen and oxygen atoms in total. The number of carbonyl (C=O) groups excluding carboxylic acids is 1. The fourth-order valence-corrected chi connectivity index (χ4v) is 1.60. The molecule has 0 bridgehead atoms. The van der Waals surface area contributed by atoms with Crippen LogP contribution in [-0.2, 0) is 4.84 Å². The van der Waals surface area contributed by atoms with Gasteiger partial charge in [0.1, 0.15) is 0 Å². The van der Waals surface area contributed by atoms with Gasteiger partial charge in [0.15, 0.2) is 0 Å². The second-order valence-electron chi connectivity index (χ2n) is 4.05. The number of hydrogen-bond donors (Lipinski definition) is 1. The molecule has 5 heteroatoms. The van der Waals surface area contributed by atoms with Crippen LogP contribution in [0, 0.1) is 5.41 Å². The van der Waals surface area contributed by atoms with Crippen LogP contribution >= 0.6 is 11.8 Å². The zero-order valence-electron chi connectivity index (χ0n) is 10.1. The molecule has 0 aliphatic heterocycles. The number of oxime groups is 1. The normalized spacial score (nSPS) is 12.5. The third kappa shape index (κ3) is 6.38. The van der Waals surface area contributed by atoms with Crippen molar-refractivity contribution in [2.75, 3.05) is 18.6 Å². The van der Waals surface area contributed by atoms with Gasteiger partial charge in [-0.15, -0.1) is 0 Å². The lowest BCUT2D eigenvalue weighted by Crippen LogP contribution is -2.25. The standard InChI is InChI=1S/C10H20N2O2S/c1-6-15-7-8(10(2,3)4)12-14-9(13)11-5/h6-7H2,1-5H3,(H,11,13). The molecular weight excluding hydrogens is 212 g/mol. The van der Waals surface area contributed by atoms with E-state index in [0.29, 0.717) is 0 Å². The third-order valence-corrected chi connectivity index (χ3v) is 2.64. The van der Waals surface area contributed by atoms with Gasteiger partial charge in [-0.05, 0) is 5.75 Å². The zero-order valence-corrected chi connectivity index (χ0v) is 10.9. The fraction of sp³-hybridized carbons (Fsp3) is 0.800. The summed E-state index contributed by atoms with van der Waals surface area (Å²) in [7, 11) is 1.51. The van der Waals surface area contributed by atoms with Crippen LogP contribution in [0.15, 0.2) is 5.16 Å². The van der Waals surface area contributed by atoms with Gasteiger partial charge in [0.25, 0.3) is 0 Å². The predicted octanol–water partition coefficient (Wildman–Crippen LogP) is 2.50. The van der Waals surface area contributed by atoms with Crippen molar-refractivity contribution < 1.29 is 9.63 Å². The van der Waals surface area contributed by atoms with Crippen LogP contribution in [0.1, 0.15) is 27.7 Å². The van der Waals surface area contributed by atoms with Gasteiger partial charge in [-0.1, -0.05) is 32.9 Å². The van der Waals surface area contributed by atoms with Crippen molar-refractivity contribution in [1.29, 1.82) is 0 Å². The molecule has 0 radical (unpaired) electrons. The Labute approximate surface area is 95.8 Å². The first kappa shape index (κ1) is 14.3. The molecular formula is C10H20N2O2S. The number of rotatable bonds is 4. The van der Waals surface area contributed by atoms with Gasteiger partial charge in [-0.3, -0.25) is 4.84 Å². The molecule has 15 heavy (non-hydrogen) atoms. The zero-order chi connectivity index (χ0) is 11.9. The summed E-state index contributed by atoms with van der Waals surface area (Å²) in [5.41, 5.74) is 0.814. The average Bonchev–Trinajstić information content (AvgIpc) is 2.15. The molecule has 0 aromatic rings. The molecule has 0 heterocycles. The summed E-state index contributed by atoms with van der Waals surface area (Å²) < 4.78 is 0. The number of thioether (sulfide) groups is 1. The first-order valence-corrected chi connectivity index (χ1v) is 6.11. The Bertz CT molecular complexity index is 234. The Balaban J connectivity index is 4.41. The van der Waals surface area contributed by atoms with E-state index in [4.69, 9.17) is 4.84 Å². The average molecular weight is 232 g/mol. The van der Waals surface area contributed by atoms with Crippen LogP contribution in [0.3, 0.4) is 0 Å². The SMILES string of the molecule is CCSCC(=NOC(=O)NC)C(C)(C)C. The van der Waals surface area contributed by atoms with Crippen LogP contribution in [0.4, 0.5) is 4.79 Å². The molecule has 88 valence electrons. The second kappa shape index (κ2) is 6.71. The summed E-state index contributed by atoms with van der Waals surface area (Å²) in [4.78, 5) is 15.6. The Hall–Kier alpha value is -0.710. The van der Waals surface area contributed by atoms with Crippen LogP contribution in [0.25, 0.3) is 0 Å². The first-order chi connectivity index (χ1) is 6.91. The largest absolute Gasteiger partial charge is 0.433 e. The highest BCUT2D eigenvalue weighted by molar-refractivity contribution is 7.99. The van der Waals surface area contributed by atoms with Crippen molar-refractivity contribution in [1.82, 2.24) is 5.32 Å². The molecule has 0 saturated carbocycles. The van der Waals surface area contributed by atoms with E-state index in [1.807, 2.05) is 0 Å². The Morgan fingerprint density at radius 2 is 2.07 bits per heavy atom. The quantitative estimate of drug-likeness (QED) is 0.460. The summed E-state index contributed by atoms with van der Waals surface area (Å²) in [6.45, 7) is 8.24. The molecule has 1 amide bonds. The Morgan fingerprint density at radius 3 is 2.47 bits per heavy atom. The van der Waals surface area contributed by atoms with Gasteiger partial charge < -0.3 is 5.32 Å². The first-order valence-electron chi connectivity index (χ1n) is 4.95. The molecule has 0 unspecified atom stereocenters. The van der Waals surface area contributed by atoms with Crippen LogP contribution in [0.2, 0.25) is 0 Å². The van der Waals surface area contributed by atoms with Crippen LogP contribution < -0.4 is 5.32 Å². The second-order valence-corrected chi connectivity index (χ2v) is 5.33. The van der Waals surface area contributed by atoms with E-state index in [2.05, 4.69) is 38.2 Å². The highest BCUT2D eigenvalue weighted by Crippen LogP contribution is 2.19. The number of nitrogens with one attached hydrogen (secondary N) is 1. The molecule has 0 spiro atoms. The maximum Gasteiger partial charge on any atom is 0.433 e. The minimum absolute atomic E-state index is 0.0732. The summed E-state index contributed by atoms with van der Waals surface area (Å²) in [6.07, 6.45) is -0.529. The molecule has 0 aromatic heterocycles. The van der Waals surface area contributed by atoms with E-state index in [9.17, 15) is 4.79 Å². The van der Waals surface area contributed by atoms with Gasteiger partial charge in [0, 0.05) is 18.2 Å². The highest BCUT2D eigenvalue weighted by atomic mass is 32.2. The molecule has 0 aliphatic rings. The third-order valence-electron chi connectivity index (χ3n) is 1.75. The summed E-state index contributed by atoms with van der Waals surface area (Å²) in [5, 5.41) is 6.24. The van der Waals surface area contributed by atoms with Crippen molar-refractivity contribution in [2.24, 2.45) is 10.6 Å². The topological polar surface area (TPSA) is 50.7 Å². The van der Waals surface area contributed by atoms with E-state index >= 15 is 0 Å². The molecule has 0 atom stereocenters. The number of nitrogens with zero attached hydrogens (tertiary/aromatic N) is 1. The number of hydrogen-bond acceptors (Lipinski definition) is 4. The molecule has 0 aliphatic carbocycles. The van der Waals surface area contributed by atoms with Gasteiger partial charge in [0.05, 0.1) is 5.71 Å². The monoisotopic (exact) mass is 232 g/mol. The minimum atomic E-state index is -0.529. The van der Waals surface area contributed by atoms with Crippen molar-refractivity contribution in [3.8, 4) is 0 Å². The van der Waals surface area contributed by atoms with Crippen molar-refractivity contribution in [3.63, 3.8) is 0 Å². The van der Waals surface area contributed by atoms with Crippen molar-refractivity contribution in [3.05, 3.63) is 0 Å². The van der Waals surface area contributed by atoms with Gasteiger partial charge in [-0.25, -0.2) is 4.79 Å². The summed E-state index contributed by atoms with van der Waals surface area (Å²) >= 11 is 1.76. The fourth-order valence-electron chi connectivity index (χ4n) is 0.721. The van der Waals surface area contributed by atoms with Crippen LogP contribution in [0.5, 0.6) is 0 Å². The predicted molar refractivity (Wildman–Crippen MR) is 65.4 cm³/mol. The highest BCUT2D eigenvalue weighted by Gasteiger charge is 2.20. The Morgan fingerprint density at radius 1 is 1.47 bits per heavy atom. The van der Waals surface area contributed by atoms with E-state index in [1.54, 1.807) is 11.8 Å². The van der Waals surface area contributed by atoms with Gasteiger partial charge >= 0.3 is 6.09 Å². The number of amides is 1.